The molecule has 0 amide bonds. The van der Waals surface area contributed by atoms with Crippen molar-refractivity contribution in [3.05, 3.63) is 22.4 Å². The van der Waals surface area contributed by atoms with Crippen molar-refractivity contribution >= 4 is 17.1 Å². The van der Waals surface area contributed by atoms with Gasteiger partial charge in [0.2, 0.25) is 0 Å². The Morgan fingerprint density at radius 3 is 2.84 bits per heavy atom. The van der Waals surface area contributed by atoms with Gasteiger partial charge in [0.05, 0.1) is 0 Å². The van der Waals surface area contributed by atoms with E-state index in [1.807, 2.05) is 13.0 Å². The molecule has 1 aliphatic carbocycles. The third kappa shape index (κ3) is 4.43. The van der Waals surface area contributed by atoms with Gasteiger partial charge in [0, 0.05) is 17.9 Å². The van der Waals surface area contributed by atoms with E-state index >= 15 is 0 Å². The highest BCUT2D eigenvalue weighted by molar-refractivity contribution is 7.09. The largest absolute Gasteiger partial charge is 0.370 e. The standard InChI is InChI=1S/C16H24O2S/c1-2-18-16(13-7-4-3-5-8-13)15(17)11-10-14-9-6-12-19-14/h6,9,12-13,16H,2-5,7-8,10-11H2,1H3. The Balaban J connectivity index is 1.87. The summed E-state index contributed by atoms with van der Waals surface area (Å²) in [5.74, 6) is 0.770. The molecule has 106 valence electrons. The second-order valence-electron chi connectivity index (χ2n) is 5.32. The van der Waals surface area contributed by atoms with Gasteiger partial charge in [-0.3, -0.25) is 4.79 Å². The van der Waals surface area contributed by atoms with Crippen LogP contribution in [-0.2, 0) is 16.0 Å². The Morgan fingerprint density at radius 1 is 1.42 bits per heavy atom. The molecule has 3 heteroatoms. The van der Waals surface area contributed by atoms with E-state index in [0.717, 1.165) is 19.3 Å². The molecule has 2 nitrogen and oxygen atoms in total. The molecule has 1 heterocycles. The first-order valence-electron chi connectivity index (χ1n) is 7.48. The Kier molecular flexibility index (Phi) is 6.05. The van der Waals surface area contributed by atoms with E-state index in [4.69, 9.17) is 4.74 Å². The molecule has 0 N–H and O–H groups in total. The number of carbonyl (C=O) groups excluding carboxylic acids is 1. The van der Waals surface area contributed by atoms with E-state index in [0.29, 0.717) is 24.7 Å². The highest BCUT2D eigenvalue weighted by Crippen LogP contribution is 2.29. The Bertz CT molecular complexity index is 366. The van der Waals surface area contributed by atoms with Crippen LogP contribution in [0, 0.1) is 5.92 Å². The van der Waals surface area contributed by atoms with Crippen molar-refractivity contribution in [2.75, 3.05) is 6.61 Å². The van der Waals surface area contributed by atoms with Crippen molar-refractivity contribution in [2.24, 2.45) is 5.92 Å². The molecule has 2 rings (SSSR count). The zero-order chi connectivity index (χ0) is 13.5. The van der Waals surface area contributed by atoms with Gasteiger partial charge in [0.15, 0.2) is 5.78 Å². The molecule has 0 radical (unpaired) electrons. The Hall–Kier alpha value is -0.670. The maximum absolute atomic E-state index is 12.4. The van der Waals surface area contributed by atoms with Crippen molar-refractivity contribution in [3.8, 4) is 0 Å². The van der Waals surface area contributed by atoms with Crippen LogP contribution in [0.2, 0.25) is 0 Å². The molecule has 1 aromatic rings. The van der Waals surface area contributed by atoms with E-state index in [9.17, 15) is 4.79 Å². The summed E-state index contributed by atoms with van der Waals surface area (Å²) in [6.07, 6.45) is 7.50. The number of hydrogen-bond acceptors (Lipinski definition) is 3. The number of ether oxygens (including phenoxy) is 1. The lowest BCUT2D eigenvalue weighted by molar-refractivity contribution is -0.134. The first-order chi connectivity index (χ1) is 9.31. The van der Waals surface area contributed by atoms with Crippen molar-refractivity contribution in [1.29, 1.82) is 0 Å². The summed E-state index contributed by atoms with van der Waals surface area (Å²) in [5, 5.41) is 2.07. The lowest BCUT2D eigenvalue weighted by Crippen LogP contribution is -2.34. The van der Waals surface area contributed by atoms with Crippen LogP contribution in [0.1, 0.15) is 50.3 Å². The van der Waals surface area contributed by atoms with Crippen molar-refractivity contribution in [1.82, 2.24) is 0 Å². The average molecular weight is 280 g/mol. The number of rotatable bonds is 7. The van der Waals surface area contributed by atoms with Gasteiger partial charge in [-0.05, 0) is 43.6 Å². The highest BCUT2D eigenvalue weighted by Gasteiger charge is 2.29. The van der Waals surface area contributed by atoms with Gasteiger partial charge in [-0.1, -0.05) is 25.3 Å². The summed E-state index contributed by atoms with van der Waals surface area (Å²) >= 11 is 1.73. The summed E-state index contributed by atoms with van der Waals surface area (Å²) in [5.41, 5.74) is 0. The molecule has 0 aromatic carbocycles. The minimum atomic E-state index is -0.148. The van der Waals surface area contributed by atoms with E-state index in [2.05, 4.69) is 11.4 Å². The van der Waals surface area contributed by atoms with Crippen LogP contribution in [0.15, 0.2) is 17.5 Å². The number of aryl methyl sites for hydroxylation is 1. The Labute approximate surface area is 120 Å². The maximum Gasteiger partial charge on any atom is 0.162 e. The van der Waals surface area contributed by atoms with Crippen LogP contribution in [0.25, 0.3) is 0 Å². The molecule has 0 spiro atoms. The van der Waals surface area contributed by atoms with E-state index in [1.54, 1.807) is 11.3 Å². The van der Waals surface area contributed by atoms with E-state index < -0.39 is 0 Å². The van der Waals surface area contributed by atoms with Gasteiger partial charge in [-0.15, -0.1) is 11.3 Å². The zero-order valence-electron chi connectivity index (χ0n) is 11.8. The molecular formula is C16H24O2S. The Morgan fingerprint density at radius 2 is 2.21 bits per heavy atom. The minimum absolute atomic E-state index is 0.148. The van der Waals surface area contributed by atoms with Crippen LogP contribution in [0.4, 0.5) is 0 Å². The summed E-state index contributed by atoms with van der Waals surface area (Å²) in [6.45, 7) is 2.63. The number of ketones is 1. The summed E-state index contributed by atoms with van der Waals surface area (Å²) in [7, 11) is 0. The second-order valence-corrected chi connectivity index (χ2v) is 6.35. The van der Waals surface area contributed by atoms with Crippen LogP contribution < -0.4 is 0 Å². The van der Waals surface area contributed by atoms with Crippen molar-refractivity contribution in [3.63, 3.8) is 0 Å². The van der Waals surface area contributed by atoms with Crippen LogP contribution in [0.3, 0.4) is 0 Å². The number of Topliss-reactive ketones (excluding diaryl/α,β-unsaturated/α-hetero) is 1. The van der Waals surface area contributed by atoms with Crippen LogP contribution in [0.5, 0.6) is 0 Å². The first kappa shape index (κ1) is 14.7. The molecule has 0 saturated heterocycles. The predicted molar refractivity (Wildman–Crippen MR) is 79.6 cm³/mol. The average Bonchev–Trinajstić information content (AvgIpc) is 2.96. The SMILES string of the molecule is CCOC(C(=O)CCc1cccs1)C1CCCCC1. The van der Waals surface area contributed by atoms with E-state index in [-0.39, 0.29) is 6.10 Å². The maximum atomic E-state index is 12.4. The molecule has 0 bridgehead atoms. The summed E-state index contributed by atoms with van der Waals surface area (Å²) in [6, 6.07) is 4.15. The number of carbonyl (C=O) groups is 1. The summed E-state index contributed by atoms with van der Waals surface area (Å²) in [4.78, 5) is 13.7. The number of hydrogen-bond donors (Lipinski definition) is 0. The molecule has 1 aliphatic rings. The van der Waals surface area contributed by atoms with Crippen LogP contribution in [-0.4, -0.2) is 18.5 Å². The van der Waals surface area contributed by atoms with Crippen molar-refractivity contribution < 1.29 is 9.53 Å². The molecule has 1 aromatic heterocycles. The normalized spacial score (nSPS) is 18.4. The van der Waals surface area contributed by atoms with E-state index in [1.165, 1.54) is 24.1 Å². The van der Waals surface area contributed by atoms with Crippen LogP contribution >= 0.6 is 11.3 Å². The molecule has 19 heavy (non-hydrogen) atoms. The summed E-state index contributed by atoms with van der Waals surface area (Å²) < 4.78 is 5.77. The molecule has 1 atom stereocenters. The topological polar surface area (TPSA) is 26.3 Å². The molecule has 1 unspecified atom stereocenters. The van der Waals surface area contributed by atoms with Crippen molar-refractivity contribution in [2.45, 2.75) is 58.0 Å². The molecule has 0 aliphatic heterocycles. The fraction of sp³-hybridized carbons (Fsp3) is 0.688. The van der Waals surface area contributed by atoms with Gasteiger partial charge < -0.3 is 4.74 Å². The zero-order valence-corrected chi connectivity index (χ0v) is 12.6. The molecule has 1 fully saturated rings. The monoisotopic (exact) mass is 280 g/mol. The van der Waals surface area contributed by atoms with Gasteiger partial charge in [-0.25, -0.2) is 0 Å². The lowest BCUT2D eigenvalue weighted by atomic mass is 9.83. The van der Waals surface area contributed by atoms with Gasteiger partial charge in [0.25, 0.3) is 0 Å². The van der Waals surface area contributed by atoms with Gasteiger partial charge in [-0.2, -0.15) is 0 Å². The first-order valence-corrected chi connectivity index (χ1v) is 8.36. The second kappa shape index (κ2) is 7.81. The highest BCUT2D eigenvalue weighted by atomic mass is 32.1. The molecule has 1 saturated carbocycles. The molecular weight excluding hydrogens is 256 g/mol. The van der Waals surface area contributed by atoms with Gasteiger partial charge >= 0.3 is 0 Å². The van der Waals surface area contributed by atoms with Gasteiger partial charge in [0.1, 0.15) is 6.10 Å². The fourth-order valence-electron chi connectivity index (χ4n) is 2.95. The number of thiophene rings is 1. The fourth-order valence-corrected chi connectivity index (χ4v) is 3.66. The smallest absolute Gasteiger partial charge is 0.162 e. The minimum Gasteiger partial charge on any atom is -0.370 e. The third-order valence-electron chi connectivity index (χ3n) is 3.94. The third-order valence-corrected chi connectivity index (χ3v) is 4.88. The predicted octanol–water partition coefficient (Wildman–Crippen LogP) is 4.24. The lowest BCUT2D eigenvalue weighted by Gasteiger charge is -2.29. The quantitative estimate of drug-likeness (QED) is 0.747.